The second-order valence-corrected chi connectivity index (χ2v) is 10.7. The molecule has 0 amide bonds. The molecule has 5 heteroatoms. The summed E-state index contributed by atoms with van der Waals surface area (Å²) in [5.41, 5.74) is 0.853. The molecule has 0 aromatic heterocycles. The van der Waals surface area contributed by atoms with Crippen molar-refractivity contribution in [3.63, 3.8) is 0 Å². The highest BCUT2D eigenvalue weighted by Gasteiger charge is 2.52. The van der Waals surface area contributed by atoms with Crippen molar-refractivity contribution < 1.29 is 19.0 Å². The molecule has 2 rings (SSSR count). The number of hydrogen-bond acceptors (Lipinski definition) is 4. The van der Waals surface area contributed by atoms with Crippen molar-refractivity contribution in [2.75, 3.05) is 13.2 Å². The Morgan fingerprint density at radius 3 is 2.57 bits per heavy atom. The molecule has 1 heterocycles. The minimum absolute atomic E-state index is 0.0662. The fourth-order valence-corrected chi connectivity index (χ4v) is 4.83. The van der Waals surface area contributed by atoms with Gasteiger partial charge in [-0.3, -0.25) is 0 Å². The predicted octanol–water partition coefficient (Wildman–Crippen LogP) is 3.46. The van der Waals surface area contributed by atoms with E-state index in [2.05, 4.69) is 40.4 Å². The third-order valence-electron chi connectivity index (χ3n) is 5.07. The van der Waals surface area contributed by atoms with E-state index >= 15 is 0 Å². The van der Waals surface area contributed by atoms with Crippen LogP contribution in [0.3, 0.4) is 0 Å². The maximum absolute atomic E-state index is 11.0. The average molecular weight is 343 g/mol. The third-order valence-corrected chi connectivity index (χ3v) is 5.94. The molecule has 23 heavy (non-hydrogen) atoms. The zero-order valence-electron chi connectivity index (χ0n) is 15.4. The summed E-state index contributed by atoms with van der Waals surface area (Å²) in [6.45, 7) is 16.3. The van der Waals surface area contributed by atoms with E-state index in [1.54, 1.807) is 0 Å². The lowest BCUT2D eigenvalue weighted by molar-refractivity contribution is -0.170. The Labute approximate surface area is 142 Å². The van der Waals surface area contributed by atoms with Crippen LogP contribution in [0.5, 0.6) is 0 Å². The molecule has 0 bridgehead atoms. The Balaban J connectivity index is 2.08. The first kappa shape index (κ1) is 19.1. The van der Waals surface area contributed by atoms with Gasteiger partial charge in [-0.1, -0.05) is 27.4 Å². The normalized spacial score (nSPS) is 36.0. The molecule has 2 aliphatic rings. The molecule has 1 saturated carbocycles. The molecule has 1 unspecified atom stereocenters. The minimum Gasteiger partial charge on any atom is -0.391 e. The lowest BCUT2D eigenvalue weighted by atomic mass is 9.74. The quantitative estimate of drug-likeness (QED) is 0.472. The summed E-state index contributed by atoms with van der Waals surface area (Å²) in [6, 6.07) is 0. The zero-order valence-corrected chi connectivity index (χ0v) is 16.6. The van der Waals surface area contributed by atoms with E-state index in [0.717, 1.165) is 31.4 Å². The highest BCUT2D eigenvalue weighted by molar-refractivity contribution is 6.48. The second kappa shape index (κ2) is 7.36. The van der Waals surface area contributed by atoms with E-state index in [1.807, 2.05) is 0 Å². The highest BCUT2D eigenvalue weighted by atomic mass is 28.3. The summed E-state index contributed by atoms with van der Waals surface area (Å²) < 4.78 is 17.7. The molecule has 0 spiro atoms. The zero-order chi connectivity index (χ0) is 17.3. The van der Waals surface area contributed by atoms with Crippen LogP contribution in [0.25, 0.3) is 0 Å². The standard InChI is InChI=1S/C18H34O4Si/c1-13-14(12-21-16-9-7-8-10-20-16)15(17(2,3)4)11-18(13,19)22-23(5)6/h14-16,19,23H,1,7-12H2,2-6H3/t14-,15-,16?,18+/m0/s1. The molecule has 4 nitrogen and oxygen atoms in total. The minimum atomic E-state index is -1.36. The number of aliphatic hydroxyl groups is 1. The van der Waals surface area contributed by atoms with Crippen LogP contribution in [0.15, 0.2) is 12.2 Å². The highest BCUT2D eigenvalue weighted by Crippen LogP contribution is 2.51. The number of rotatable bonds is 5. The first-order valence-corrected chi connectivity index (χ1v) is 11.7. The largest absolute Gasteiger partial charge is 0.391 e. The Bertz CT molecular complexity index is 412. The maximum Gasteiger partial charge on any atom is 0.178 e. The van der Waals surface area contributed by atoms with E-state index in [-0.39, 0.29) is 23.5 Å². The molecule has 4 atom stereocenters. The van der Waals surface area contributed by atoms with Crippen molar-refractivity contribution in [2.45, 2.75) is 71.6 Å². The van der Waals surface area contributed by atoms with E-state index in [0.29, 0.717) is 13.0 Å². The summed E-state index contributed by atoms with van der Waals surface area (Å²) in [4.78, 5) is 0. The van der Waals surface area contributed by atoms with Crippen LogP contribution in [-0.2, 0) is 13.9 Å². The van der Waals surface area contributed by atoms with Gasteiger partial charge in [0.1, 0.15) is 0 Å². The Hall–Kier alpha value is -0.203. The third kappa shape index (κ3) is 4.66. The maximum atomic E-state index is 11.0. The lowest BCUT2D eigenvalue weighted by Crippen LogP contribution is -2.36. The monoisotopic (exact) mass is 342 g/mol. The molecule has 1 aliphatic heterocycles. The van der Waals surface area contributed by atoms with Gasteiger partial charge in [0.05, 0.1) is 6.61 Å². The summed E-state index contributed by atoms with van der Waals surface area (Å²) in [7, 11) is -1.36. The van der Waals surface area contributed by atoms with Crippen LogP contribution < -0.4 is 0 Å². The van der Waals surface area contributed by atoms with Crippen LogP contribution in [0.2, 0.25) is 13.1 Å². The van der Waals surface area contributed by atoms with E-state index in [4.69, 9.17) is 13.9 Å². The van der Waals surface area contributed by atoms with Crippen LogP contribution in [0, 0.1) is 17.3 Å². The number of ether oxygens (including phenoxy) is 2. The van der Waals surface area contributed by atoms with Gasteiger partial charge in [-0.2, -0.15) is 0 Å². The van der Waals surface area contributed by atoms with Gasteiger partial charge in [0.25, 0.3) is 0 Å². The first-order valence-electron chi connectivity index (χ1n) is 8.96. The van der Waals surface area contributed by atoms with Crippen molar-refractivity contribution in [3.05, 3.63) is 12.2 Å². The van der Waals surface area contributed by atoms with Gasteiger partial charge >= 0.3 is 0 Å². The molecule has 2 fully saturated rings. The molecule has 0 radical (unpaired) electrons. The van der Waals surface area contributed by atoms with Crippen LogP contribution >= 0.6 is 0 Å². The van der Waals surface area contributed by atoms with Crippen LogP contribution in [0.1, 0.15) is 46.5 Å². The van der Waals surface area contributed by atoms with Gasteiger partial charge in [-0.05, 0) is 49.3 Å². The lowest BCUT2D eigenvalue weighted by Gasteiger charge is -2.33. The molecule has 1 aliphatic carbocycles. The van der Waals surface area contributed by atoms with Gasteiger partial charge in [0.15, 0.2) is 21.1 Å². The van der Waals surface area contributed by atoms with Crippen LogP contribution in [-0.4, -0.2) is 39.4 Å². The average Bonchev–Trinajstić information content (AvgIpc) is 2.69. The Kier molecular flexibility index (Phi) is 6.12. The molecule has 1 N–H and O–H groups in total. The number of hydrogen-bond donors (Lipinski definition) is 1. The van der Waals surface area contributed by atoms with Gasteiger partial charge in [0.2, 0.25) is 0 Å². The van der Waals surface area contributed by atoms with Gasteiger partial charge in [-0.15, -0.1) is 0 Å². The van der Waals surface area contributed by atoms with Crippen molar-refractivity contribution in [1.29, 1.82) is 0 Å². The van der Waals surface area contributed by atoms with E-state index in [9.17, 15) is 5.11 Å². The first-order chi connectivity index (χ1) is 10.6. The fourth-order valence-electron chi connectivity index (χ4n) is 3.80. The van der Waals surface area contributed by atoms with Crippen molar-refractivity contribution in [2.24, 2.45) is 17.3 Å². The molecule has 0 aromatic rings. The summed E-state index contributed by atoms with van der Waals surface area (Å²) in [5, 5.41) is 11.0. The molecular weight excluding hydrogens is 308 g/mol. The molecule has 1 saturated heterocycles. The van der Waals surface area contributed by atoms with Crippen molar-refractivity contribution in [3.8, 4) is 0 Å². The topological polar surface area (TPSA) is 47.9 Å². The Morgan fingerprint density at radius 2 is 2.04 bits per heavy atom. The van der Waals surface area contributed by atoms with Gasteiger partial charge in [-0.25, -0.2) is 0 Å². The predicted molar refractivity (Wildman–Crippen MR) is 94.6 cm³/mol. The fraction of sp³-hybridized carbons (Fsp3) is 0.889. The van der Waals surface area contributed by atoms with Crippen molar-refractivity contribution in [1.82, 2.24) is 0 Å². The molecular formula is C18H34O4Si. The molecule has 134 valence electrons. The smallest absolute Gasteiger partial charge is 0.178 e. The van der Waals surface area contributed by atoms with Gasteiger partial charge < -0.3 is 19.0 Å². The summed E-state index contributed by atoms with van der Waals surface area (Å²) in [5.74, 6) is -0.783. The summed E-state index contributed by atoms with van der Waals surface area (Å²) >= 11 is 0. The molecule has 0 aromatic carbocycles. The van der Waals surface area contributed by atoms with Gasteiger partial charge in [0, 0.05) is 18.9 Å². The summed E-state index contributed by atoms with van der Waals surface area (Å²) in [6.07, 6.45) is 3.74. The van der Waals surface area contributed by atoms with E-state index in [1.165, 1.54) is 0 Å². The van der Waals surface area contributed by atoms with Crippen LogP contribution in [0.4, 0.5) is 0 Å². The van der Waals surface area contributed by atoms with E-state index < -0.39 is 14.8 Å². The second-order valence-electron chi connectivity index (χ2n) is 8.39. The SMILES string of the molecule is C=C1[C@H](COC2CCCCO2)[C@@H](C(C)(C)C)C[C@@]1(O)O[SiH](C)C. The Morgan fingerprint density at radius 1 is 1.35 bits per heavy atom. The van der Waals surface area contributed by atoms with Crippen molar-refractivity contribution >= 4 is 9.04 Å².